The first-order valence-corrected chi connectivity index (χ1v) is 12.5. The molecule has 0 radical (unpaired) electrons. The predicted octanol–water partition coefficient (Wildman–Crippen LogP) is 5.84. The molecule has 2 amide bonds. The predicted molar refractivity (Wildman–Crippen MR) is 148 cm³/mol. The van der Waals surface area contributed by atoms with Crippen LogP contribution in [0, 0.1) is 10.1 Å². The van der Waals surface area contributed by atoms with Crippen LogP contribution in [0.25, 0.3) is 0 Å². The van der Waals surface area contributed by atoms with E-state index in [4.69, 9.17) is 21.1 Å². The molecule has 4 aromatic carbocycles. The van der Waals surface area contributed by atoms with Gasteiger partial charge in [0.25, 0.3) is 17.5 Å². The normalized spacial score (nSPS) is 13.0. The average molecular weight is 571 g/mol. The molecule has 41 heavy (non-hydrogen) atoms. The summed E-state index contributed by atoms with van der Waals surface area (Å²) < 4.78 is 10.7. The molecule has 11 heteroatoms. The van der Waals surface area contributed by atoms with E-state index in [1.807, 2.05) is 0 Å². The quantitative estimate of drug-likeness (QED) is 0.0848. The molecule has 0 fully saturated rings. The van der Waals surface area contributed by atoms with Crippen molar-refractivity contribution in [2.24, 2.45) is 0 Å². The van der Waals surface area contributed by atoms with E-state index in [0.717, 1.165) is 6.07 Å². The summed E-state index contributed by atoms with van der Waals surface area (Å²) in [5.74, 6) is -2.89. The maximum absolute atomic E-state index is 13.3. The Balaban J connectivity index is 1.47. The molecule has 0 aromatic heterocycles. The summed E-state index contributed by atoms with van der Waals surface area (Å²) in [5, 5.41) is 12.1. The summed E-state index contributed by atoms with van der Waals surface area (Å²) in [6, 6.07) is 21.9. The molecular weight excluding hydrogens is 552 g/mol. The number of carbonyl (C=O) groups is 4. The highest BCUT2D eigenvalue weighted by molar-refractivity contribution is 6.35. The van der Waals surface area contributed by atoms with Crippen molar-refractivity contribution < 1.29 is 33.6 Å². The Morgan fingerprint density at radius 2 is 1.54 bits per heavy atom. The minimum Gasteiger partial charge on any atom is -0.496 e. The molecule has 204 valence electrons. The number of nitro groups is 1. The van der Waals surface area contributed by atoms with E-state index in [1.54, 1.807) is 54.6 Å². The fourth-order valence-electron chi connectivity index (χ4n) is 4.39. The van der Waals surface area contributed by atoms with Gasteiger partial charge in [-0.25, -0.2) is 9.69 Å². The second-order valence-electron chi connectivity index (χ2n) is 8.89. The maximum Gasteiger partial charge on any atom is 0.339 e. The van der Waals surface area contributed by atoms with Crippen LogP contribution in [0.15, 0.2) is 91.0 Å². The van der Waals surface area contributed by atoms with Gasteiger partial charge in [0.05, 0.1) is 34.8 Å². The molecule has 1 aliphatic heterocycles. The Kier molecular flexibility index (Phi) is 7.32. The van der Waals surface area contributed by atoms with Crippen LogP contribution in [-0.2, 0) is 4.74 Å². The third kappa shape index (κ3) is 5.15. The lowest BCUT2D eigenvalue weighted by Gasteiger charge is -2.18. The Labute approximate surface area is 237 Å². The minimum absolute atomic E-state index is 0.0497. The van der Waals surface area contributed by atoms with Gasteiger partial charge in [-0.05, 0) is 42.5 Å². The minimum atomic E-state index is -1.33. The van der Waals surface area contributed by atoms with E-state index in [0.29, 0.717) is 21.0 Å². The number of rotatable bonds is 8. The number of imide groups is 1. The van der Waals surface area contributed by atoms with Gasteiger partial charge in [-0.2, -0.15) is 0 Å². The Morgan fingerprint density at radius 1 is 0.854 bits per heavy atom. The van der Waals surface area contributed by atoms with E-state index in [-0.39, 0.29) is 28.1 Å². The summed E-state index contributed by atoms with van der Waals surface area (Å²) in [5.41, 5.74) is -0.367. The molecule has 0 bridgehead atoms. The van der Waals surface area contributed by atoms with E-state index in [2.05, 4.69) is 0 Å². The molecule has 4 aromatic rings. The van der Waals surface area contributed by atoms with Crippen molar-refractivity contribution in [1.29, 1.82) is 0 Å². The second-order valence-corrected chi connectivity index (χ2v) is 9.32. The lowest BCUT2D eigenvalue weighted by Crippen LogP contribution is -2.30. The van der Waals surface area contributed by atoms with Crippen LogP contribution in [0.2, 0.25) is 5.02 Å². The van der Waals surface area contributed by atoms with Gasteiger partial charge in [0.1, 0.15) is 11.4 Å². The van der Waals surface area contributed by atoms with E-state index < -0.39 is 40.3 Å². The largest absolute Gasteiger partial charge is 0.496 e. The first-order chi connectivity index (χ1) is 19.7. The number of Topliss-reactive ketones (excluding diaryl/α,β-unsaturated/α-hetero) is 1. The highest BCUT2D eigenvalue weighted by Crippen LogP contribution is 2.37. The summed E-state index contributed by atoms with van der Waals surface area (Å²) in [6.07, 6.45) is -1.33. The third-order valence-electron chi connectivity index (χ3n) is 6.44. The number of hydrogen-bond acceptors (Lipinski definition) is 8. The van der Waals surface area contributed by atoms with Crippen LogP contribution in [0.1, 0.15) is 53.1 Å². The average Bonchev–Trinajstić information content (AvgIpc) is 3.24. The number of anilines is 1. The van der Waals surface area contributed by atoms with Crippen molar-refractivity contribution in [3.63, 3.8) is 0 Å². The van der Waals surface area contributed by atoms with Gasteiger partial charge in [0.15, 0.2) is 6.10 Å². The van der Waals surface area contributed by atoms with Crippen molar-refractivity contribution in [3.8, 4) is 5.75 Å². The molecule has 0 spiro atoms. The molecule has 0 saturated heterocycles. The Morgan fingerprint density at radius 3 is 2.20 bits per heavy atom. The monoisotopic (exact) mass is 570 g/mol. The van der Waals surface area contributed by atoms with Gasteiger partial charge in [0.2, 0.25) is 5.78 Å². The number of halogens is 1. The van der Waals surface area contributed by atoms with Crippen molar-refractivity contribution in [2.75, 3.05) is 12.0 Å². The maximum atomic E-state index is 13.3. The van der Waals surface area contributed by atoms with Crippen molar-refractivity contribution in [1.82, 2.24) is 0 Å². The summed E-state index contributed by atoms with van der Waals surface area (Å²) in [7, 11) is 1.33. The fourth-order valence-corrected chi connectivity index (χ4v) is 4.52. The lowest BCUT2D eigenvalue weighted by molar-refractivity contribution is -0.384. The third-order valence-corrected chi connectivity index (χ3v) is 6.69. The number of methoxy groups -OCH3 is 1. The zero-order valence-corrected chi connectivity index (χ0v) is 22.0. The number of hydrogen-bond donors (Lipinski definition) is 0. The molecule has 5 rings (SSSR count). The van der Waals surface area contributed by atoms with Gasteiger partial charge >= 0.3 is 5.97 Å². The summed E-state index contributed by atoms with van der Waals surface area (Å²) in [6.45, 7) is 0. The first kappa shape index (κ1) is 27.2. The standard InChI is InChI=1S/C30H19ClN2O8/c1-40-21-12-14-24(25(16-21)33(38)39)32-28(35)22-13-9-19(15-23(22)29(32)36)30(37)41-27(18-7-10-20(31)11-8-18)26(34)17-5-3-2-4-6-17/h2-16,27H,1H3/t27-/m0/s1. The van der Waals surface area contributed by atoms with Crippen LogP contribution >= 0.6 is 11.6 Å². The van der Waals surface area contributed by atoms with Gasteiger partial charge < -0.3 is 9.47 Å². The number of carbonyl (C=O) groups excluding carboxylic acids is 4. The van der Waals surface area contributed by atoms with Crippen LogP contribution in [0.3, 0.4) is 0 Å². The zero-order chi connectivity index (χ0) is 29.3. The molecule has 0 N–H and O–H groups in total. The summed E-state index contributed by atoms with van der Waals surface area (Å²) >= 11 is 5.99. The van der Waals surface area contributed by atoms with E-state index >= 15 is 0 Å². The number of nitro benzene ring substituents is 1. The number of amides is 2. The van der Waals surface area contributed by atoms with E-state index in [9.17, 15) is 29.3 Å². The smallest absolute Gasteiger partial charge is 0.339 e. The topological polar surface area (TPSA) is 133 Å². The molecule has 0 unspecified atom stereocenters. The SMILES string of the molecule is COc1ccc(N2C(=O)c3ccc(C(=O)O[C@H](C(=O)c4ccccc4)c4ccc(Cl)cc4)cc3C2=O)c([N+](=O)[O-])c1. The molecule has 1 heterocycles. The van der Waals surface area contributed by atoms with Crippen LogP contribution in [0.5, 0.6) is 5.75 Å². The summed E-state index contributed by atoms with van der Waals surface area (Å²) in [4.78, 5) is 64.7. The molecule has 1 aliphatic rings. The van der Waals surface area contributed by atoms with Gasteiger partial charge in [-0.1, -0.05) is 54.1 Å². The highest BCUT2D eigenvalue weighted by Gasteiger charge is 2.40. The van der Waals surface area contributed by atoms with Crippen LogP contribution in [0.4, 0.5) is 11.4 Å². The molecule has 1 atom stereocenters. The number of ketones is 1. The van der Waals surface area contributed by atoms with Gasteiger partial charge in [0, 0.05) is 16.1 Å². The second kappa shape index (κ2) is 11.0. The number of nitrogens with zero attached hydrogens (tertiary/aromatic N) is 2. The lowest BCUT2D eigenvalue weighted by atomic mass is 9.99. The fraction of sp³-hybridized carbons (Fsp3) is 0.0667. The zero-order valence-electron chi connectivity index (χ0n) is 21.3. The van der Waals surface area contributed by atoms with E-state index in [1.165, 1.54) is 37.4 Å². The molecule has 0 saturated carbocycles. The first-order valence-electron chi connectivity index (χ1n) is 12.1. The number of ether oxygens (including phenoxy) is 2. The van der Waals surface area contributed by atoms with Crippen molar-refractivity contribution >= 4 is 46.5 Å². The molecular formula is C30H19ClN2O8. The number of esters is 1. The van der Waals surface area contributed by atoms with Crippen LogP contribution in [-0.4, -0.2) is 35.6 Å². The van der Waals surface area contributed by atoms with Crippen LogP contribution < -0.4 is 9.64 Å². The Bertz CT molecular complexity index is 1720. The van der Waals surface area contributed by atoms with Gasteiger partial charge in [-0.15, -0.1) is 0 Å². The Hall–Kier alpha value is -5.35. The molecule has 10 nitrogen and oxygen atoms in total. The number of fused-ring (bicyclic) bond motifs is 1. The van der Waals surface area contributed by atoms with Gasteiger partial charge in [-0.3, -0.25) is 24.5 Å². The molecule has 0 aliphatic carbocycles. The number of benzene rings is 4. The van der Waals surface area contributed by atoms with Crippen molar-refractivity contribution in [2.45, 2.75) is 6.10 Å². The van der Waals surface area contributed by atoms with Crippen molar-refractivity contribution in [3.05, 3.63) is 134 Å². The highest BCUT2D eigenvalue weighted by atomic mass is 35.5.